The normalized spacial score (nSPS) is 19.0. The molecule has 0 aliphatic heterocycles. The van der Waals surface area contributed by atoms with Crippen molar-refractivity contribution in [2.45, 2.75) is 37.5 Å². The lowest BCUT2D eigenvalue weighted by molar-refractivity contribution is 0.382. The third kappa shape index (κ3) is 3.55. The molecular weight excluding hydrogens is 286 g/mol. The second-order valence-corrected chi connectivity index (χ2v) is 8.02. The van der Waals surface area contributed by atoms with Gasteiger partial charge in [-0.3, -0.25) is 4.98 Å². The fraction of sp³-hybridized carbons (Fsp3) is 0.667. The highest BCUT2D eigenvalue weighted by Gasteiger charge is 2.36. The standard InChI is InChI=1S/C15H23N3O2S/c1-2-17-14-7-8-16-9-15(14)21(19,20)18(10-12-3-4-12)11-13-5-6-13/h7-9,12-13H,2-6,10-11H2,1H3,(H,16,17). The summed E-state index contributed by atoms with van der Waals surface area (Å²) in [6.07, 6.45) is 7.73. The Hall–Kier alpha value is -1.14. The molecule has 3 rings (SSSR count). The van der Waals surface area contributed by atoms with Gasteiger partial charge in [-0.05, 0) is 50.5 Å². The Morgan fingerprint density at radius 2 is 1.86 bits per heavy atom. The number of hydrogen-bond donors (Lipinski definition) is 1. The van der Waals surface area contributed by atoms with Crippen molar-refractivity contribution in [3.05, 3.63) is 18.5 Å². The summed E-state index contributed by atoms with van der Waals surface area (Å²) in [6.45, 7) is 3.99. The van der Waals surface area contributed by atoms with Crippen LogP contribution in [0.4, 0.5) is 5.69 Å². The molecule has 1 aromatic rings. The Labute approximate surface area is 126 Å². The van der Waals surface area contributed by atoms with Crippen LogP contribution >= 0.6 is 0 Å². The number of anilines is 1. The highest BCUT2D eigenvalue weighted by atomic mass is 32.2. The molecule has 0 amide bonds. The molecule has 21 heavy (non-hydrogen) atoms. The lowest BCUT2D eigenvalue weighted by Gasteiger charge is -2.23. The van der Waals surface area contributed by atoms with Gasteiger partial charge in [-0.2, -0.15) is 4.31 Å². The van der Waals surface area contributed by atoms with E-state index in [0.717, 1.165) is 25.7 Å². The van der Waals surface area contributed by atoms with Crippen molar-refractivity contribution in [1.82, 2.24) is 9.29 Å². The van der Waals surface area contributed by atoms with Gasteiger partial charge in [0.1, 0.15) is 4.90 Å². The van der Waals surface area contributed by atoms with Crippen molar-refractivity contribution in [3.8, 4) is 0 Å². The number of hydrogen-bond acceptors (Lipinski definition) is 4. The maximum absolute atomic E-state index is 13.0. The average Bonchev–Trinajstić information content (AvgIpc) is 3.34. The van der Waals surface area contributed by atoms with E-state index in [4.69, 9.17) is 0 Å². The molecule has 1 aromatic heterocycles. The van der Waals surface area contributed by atoms with E-state index in [1.54, 1.807) is 16.6 Å². The number of nitrogens with zero attached hydrogens (tertiary/aromatic N) is 2. The molecule has 0 spiro atoms. The van der Waals surface area contributed by atoms with Crippen LogP contribution in [-0.4, -0.2) is 37.3 Å². The minimum Gasteiger partial charge on any atom is -0.384 e. The summed E-state index contributed by atoms with van der Waals surface area (Å²) in [5.41, 5.74) is 0.657. The van der Waals surface area contributed by atoms with Crippen LogP contribution < -0.4 is 5.32 Å². The molecule has 1 heterocycles. The molecule has 116 valence electrons. The van der Waals surface area contributed by atoms with E-state index in [9.17, 15) is 8.42 Å². The molecule has 0 aromatic carbocycles. The lowest BCUT2D eigenvalue weighted by Crippen LogP contribution is -2.35. The van der Waals surface area contributed by atoms with Gasteiger partial charge in [0, 0.05) is 32.0 Å². The minimum absolute atomic E-state index is 0.313. The Balaban J connectivity index is 1.88. The molecule has 2 aliphatic rings. The zero-order chi connectivity index (χ0) is 14.9. The summed E-state index contributed by atoms with van der Waals surface area (Å²) < 4.78 is 27.7. The number of nitrogens with one attached hydrogen (secondary N) is 1. The second kappa shape index (κ2) is 5.93. The SMILES string of the molecule is CCNc1ccncc1S(=O)(=O)N(CC1CC1)CC1CC1. The lowest BCUT2D eigenvalue weighted by atomic mass is 10.4. The van der Waals surface area contributed by atoms with Crippen LogP contribution in [0.3, 0.4) is 0 Å². The molecule has 2 fully saturated rings. The van der Waals surface area contributed by atoms with Gasteiger partial charge in [-0.1, -0.05) is 0 Å². The van der Waals surface area contributed by atoms with Crippen molar-refractivity contribution in [2.75, 3.05) is 25.0 Å². The molecular formula is C15H23N3O2S. The van der Waals surface area contributed by atoms with Crippen LogP contribution in [0.15, 0.2) is 23.4 Å². The number of aromatic nitrogens is 1. The summed E-state index contributed by atoms with van der Waals surface area (Å²) in [4.78, 5) is 4.33. The summed E-state index contributed by atoms with van der Waals surface area (Å²) in [7, 11) is -3.46. The van der Waals surface area contributed by atoms with Gasteiger partial charge in [0.05, 0.1) is 5.69 Å². The fourth-order valence-electron chi connectivity index (χ4n) is 2.51. The van der Waals surface area contributed by atoms with Gasteiger partial charge in [0.15, 0.2) is 0 Å². The Morgan fingerprint density at radius 3 is 2.38 bits per heavy atom. The summed E-state index contributed by atoms with van der Waals surface area (Å²) in [5, 5.41) is 3.13. The van der Waals surface area contributed by atoms with E-state index >= 15 is 0 Å². The topological polar surface area (TPSA) is 62.3 Å². The molecule has 0 bridgehead atoms. The molecule has 0 saturated heterocycles. The zero-order valence-corrected chi connectivity index (χ0v) is 13.3. The van der Waals surface area contributed by atoms with E-state index in [-0.39, 0.29) is 0 Å². The Bertz CT molecular complexity index is 581. The van der Waals surface area contributed by atoms with Crippen molar-refractivity contribution in [1.29, 1.82) is 0 Å². The monoisotopic (exact) mass is 309 g/mol. The van der Waals surface area contributed by atoms with E-state index < -0.39 is 10.0 Å². The maximum atomic E-state index is 13.0. The largest absolute Gasteiger partial charge is 0.384 e. The predicted octanol–water partition coefficient (Wildman–Crippen LogP) is 2.32. The highest BCUT2D eigenvalue weighted by Crippen LogP contribution is 2.36. The van der Waals surface area contributed by atoms with E-state index in [2.05, 4.69) is 10.3 Å². The van der Waals surface area contributed by atoms with E-state index in [1.807, 2.05) is 6.92 Å². The van der Waals surface area contributed by atoms with Gasteiger partial charge >= 0.3 is 0 Å². The van der Waals surface area contributed by atoms with Crippen LogP contribution in [0, 0.1) is 11.8 Å². The summed E-state index contributed by atoms with van der Waals surface area (Å²) >= 11 is 0. The van der Waals surface area contributed by atoms with Crippen molar-refractivity contribution in [3.63, 3.8) is 0 Å². The molecule has 2 aliphatic carbocycles. The van der Waals surface area contributed by atoms with E-state index in [1.165, 1.54) is 6.20 Å². The molecule has 0 atom stereocenters. The first-order valence-electron chi connectivity index (χ1n) is 7.79. The van der Waals surface area contributed by atoms with Crippen molar-refractivity contribution < 1.29 is 8.42 Å². The molecule has 0 unspecified atom stereocenters. The third-order valence-electron chi connectivity index (χ3n) is 4.09. The number of sulfonamides is 1. The van der Waals surface area contributed by atoms with Gasteiger partial charge < -0.3 is 5.32 Å². The summed E-state index contributed by atoms with van der Waals surface area (Å²) in [5.74, 6) is 1.11. The van der Waals surface area contributed by atoms with Crippen LogP contribution in [-0.2, 0) is 10.0 Å². The van der Waals surface area contributed by atoms with Crippen LogP contribution in [0.5, 0.6) is 0 Å². The smallest absolute Gasteiger partial charge is 0.246 e. The van der Waals surface area contributed by atoms with Gasteiger partial charge in [-0.25, -0.2) is 8.42 Å². The average molecular weight is 309 g/mol. The van der Waals surface area contributed by atoms with Crippen LogP contribution in [0.25, 0.3) is 0 Å². The molecule has 0 radical (unpaired) electrons. The third-order valence-corrected chi connectivity index (χ3v) is 5.95. The van der Waals surface area contributed by atoms with Gasteiger partial charge in [0.2, 0.25) is 10.0 Å². The van der Waals surface area contributed by atoms with Crippen LogP contribution in [0.1, 0.15) is 32.6 Å². The Morgan fingerprint density at radius 1 is 1.24 bits per heavy atom. The number of pyridine rings is 1. The van der Waals surface area contributed by atoms with Gasteiger partial charge in [0.25, 0.3) is 0 Å². The minimum atomic E-state index is -3.46. The second-order valence-electron chi connectivity index (χ2n) is 6.11. The highest BCUT2D eigenvalue weighted by molar-refractivity contribution is 7.89. The predicted molar refractivity (Wildman–Crippen MR) is 82.6 cm³/mol. The van der Waals surface area contributed by atoms with Crippen LogP contribution in [0.2, 0.25) is 0 Å². The van der Waals surface area contributed by atoms with Gasteiger partial charge in [-0.15, -0.1) is 0 Å². The zero-order valence-electron chi connectivity index (χ0n) is 12.5. The molecule has 6 heteroatoms. The fourth-order valence-corrected chi connectivity index (χ4v) is 4.21. The molecule has 5 nitrogen and oxygen atoms in total. The quantitative estimate of drug-likeness (QED) is 0.800. The first-order chi connectivity index (χ1) is 10.1. The maximum Gasteiger partial charge on any atom is 0.246 e. The van der Waals surface area contributed by atoms with Crippen molar-refractivity contribution in [2.24, 2.45) is 11.8 Å². The first-order valence-corrected chi connectivity index (χ1v) is 9.23. The Kier molecular flexibility index (Phi) is 4.17. The van der Waals surface area contributed by atoms with E-state index in [0.29, 0.717) is 42.1 Å². The molecule has 2 saturated carbocycles. The first kappa shape index (κ1) is 14.8. The van der Waals surface area contributed by atoms with Crippen molar-refractivity contribution >= 4 is 15.7 Å². The molecule has 1 N–H and O–H groups in total. The number of rotatable bonds is 8. The summed E-state index contributed by atoms with van der Waals surface area (Å²) in [6, 6.07) is 1.74.